The molecule has 2 rings (SSSR count). The van der Waals surface area contributed by atoms with Crippen LogP contribution in [0.25, 0.3) is 0 Å². The highest BCUT2D eigenvalue weighted by molar-refractivity contribution is 5.24. The molecule has 16 heavy (non-hydrogen) atoms. The summed E-state index contributed by atoms with van der Waals surface area (Å²) < 4.78 is 32.7. The Morgan fingerprint density at radius 3 is 2.88 bits per heavy atom. The van der Waals surface area contributed by atoms with E-state index in [2.05, 4.69) is 4.98 Å². The van der Waals surface area contributed by atoms with E-state index in [4.69, 9.17) is 4.74 Å². The molecular weight excluding hydrogens is 214 g/mol. The molecule has 1 aromatic carbocycles. The lowest BCUT2D eigenvalue weighted by molar-refractivity contribution is 0.283. The lowest BCUT2D eigenvalue weighted by Gasteiger charge is -2.07. The summed E-state index contributed by atoms with van der Waals surface area (Å²) in [7, 11) is 0. The van der Waals surface area contributed by atoms with Crippen molar-refractivity contribution < 1.29 is 13.5 Å². The zero-order valence-corrected chi connectivity index (χ0v) is 8.44. The van der Waals surface area contributed by atoms with Crippen LogP contribution in [0.15, 0.2) is 36.9 Å². The van der Waals surface area contributed by atoms with E-state index in [0.29, 0.717) is 13.2 Å². The van der Waals surface area contributed by atoms with Gasteiger partial charge in [0.05, 0.1) is 12.9 Å². The maximum Gasteiger partial charge on any atom is 0.167 e. The molecule has 0 bridgehead atoms. The van der Waals surface area contributed by atoms with Crippen LogP contribution in [-0.2, 0) is 6.54 Å². The van der Waals surface area contributed by atoms with Gasteiger partial charge in [-0.15, -0.1) is 0 Å². The summed E-state index contributed by atoms with van der Waals surface area (Å²) in [6.45, 7) is 0.871. The standard InChI is InChI=1S/C11H10F2N2O/c12-9-1-2-11(10(13)7-9)16-6-5-15-4-3-14-8-15/h1-4,7-8H,5-6H2. The molecule has 1 heterocycles. The molecular formula is C11H10F2N2O. The SMILES string of the molecule is Fc1ccc(OCCn2ccnc2)c(F)c1. The van der Waals surface area contributed by atoms with Crippen LogP contribution in [0.1, 0.15) is 0 Å². The van der Waals surface area contributed by atoms with Crippen molar-refractivity contribution >= 4 is 0 Å². The number of hydrogen-bond donors (Lipinski definition) is 0. The van der Waals surface area contributed by atoms with Crippen molar-refractivity contribution in [2.45, 2.75) is 6.54 Å². The Labute approximate surface area is 91.3 Å². The fourth-order valence-electron chi connectivity index (χ4n) is 1.27. The van der Waals surface area contributed by atoms with Crippen molar-refractivity contribution in [2.24, 2.45) is 0 Å². The van der Waals surface area contributed by atoms with Gasteiger partial charge in [-0.25, -0.2) is 13.8 Å². The van der Waals surface area contributed by atoms with Crippen LogP contribution in [-0.4, -0.2) is 16.2 Å². The summed E-state index contributed by atoms with van der Waals surface area (Å²) in [6.07, 6.45) is 5.08. The fraction of sp³-hybridized carbons (Fsp3) is 0.182. The Bertz CT molecular complexity index is 457. The Kier molecular flexibility index (Phi) is 3.14. The molecule has 0 saturated heterocycles. The van der Waals surface area contributed by atoms with Gasteiger partial charge in [0.25, 0.3) is 0 Å². The molecule has 0 saturated carbocycles. The van der Waals surface area contributed by atoms with Crippen LogP contribution < -0.4 is 4.74 Å². The molecule has 0 unspecified atom stereocenters. The first-order chi connectivity index (χ1) is 7.75. The van der Waals surface area contributed by atoms with Gasteiger partial charge in [-0.2, -0.15) is 0 Å². The molecule has 3 nitrogen and oxygen atoms in total. The monoisotopic (exact) mass is 224 g/mol. The van der Waals surface area contributed by atoms with E-state index >= 15 is 0 Å². The van der Waals surface area contributed by atoms with Gasteiger partial charge >= 0.3 is 0 Å². The van der Waals surface area contributed by atoms with Crippen molar-refractivity contribution in [1.29, 1.82) is 0 Å². The largest absolute Gasteiger partial charge is 0.489 e. The second-order valence-electron chi connectivity index (χ2n) is 3.22. The van der Waals surface area contributed by atoms with Gasteiger partial charge in [-0.05, 0) is 12.1 Å². The molecule has 0 aliphatic rings. The molecule has 0 amide bonds. The third-order valence-corrected chi connectivity index (χ3v) is 2.06. The minimum absolute atomic E-state index is 0.0570. The van der Waals surface area contributed by atoms with Gasteiger partial charge in [0.2, 0.25) is 0 Å². The topological polar surface area (TPSA) is 27.1 Å². The summed E-state index contributed by atoms with van der Waals surface area (Å²) in [4.78, 5) is 3.86. The number of nitrogens with zero attached hydrogens (tertiary/aromatic N) is 2. The molecule has 0 aliphatic carbocycles. The van der Waals surface area contributed by atoms with Crippen molar-refractivity contribution in [1.82, 2.24) is 9.55 Å². The van der Waals surface area contributed by atoms with Crippen LogP contribution in [0.3, 0.4) is 0 Å². The molecule has 0 fully saturated rings. The van der Waals surface area contributed by atoms with Crippen molar-refractivity contribution in [3.8, 4) is 5.75 Å². The highest BCUT2D eigenvalue weighted by Gasteiger charge is 2.04. The minimum atomic E-state index is -0.689. The maximum atomic E-state index is 13.1. The summed E-state index contributed by atoms with van der Waals surface area (Å²) in [5, 5.41) is 0. The van der Waals surface area contributed by atoms with Crippen LogP contribution in [0, 0.1) is 11.6 Å². The molecule has 5 heteroatoms. The third kappa shape index (κ3) is 2.56. The average molecular weight is 224 g/mol. The number of benzene rings is 1. The first kappa shape index (κ1) is 10.6. The Balaban J connectivity index is 1.90. The molecule has 0 aliphatic heterocycles. The molecule has 2 aromatic rings. The van der Waals surface area contributed by atoms with Crippen LogP contribution in [0.2, 0.25) is 0 Å². The Hall–Kier alpha value is -1.91. The Morgan fingerprint density at radius 1 is 1.31 bits per heavy atom. The minimum Gasteiger partial charge on any atom is -0.489 e. The van der Waals surface area contributed by atoms with Crippen LogP contribution >= 0.6 is 0 Å². The highest BCUT2D eigenvalue weighted by atomic mass is 19.1. The zero-order valence-electron chi connectivity index (χ0n) is 8.44. The Morgan fingerprint density at radius 2 is 2.19 bits per heavy atom. The van der Waals surface area contributed by atoms with Gasteiger partial charge in [0, 0.05) is 18.5 Å². The van der Waals surface area contributed by atoms with E-state index in [1.165, 1.54) is 6.07 Å². The van der Waals surface area contributed by atoms with E-state index < -0.39 is 11.6 Å². The average Bonchev–Trinajstić information content (AvgIpc) is 2.74. The lowest BCUT2D eigenvalue weighted by Crippen LogP contribution is -2.07. The number of hydrogen-bond acceptors (Lipinski definition) is 2. The molecule has 0 atom stereocenters. The second kappa shape index (κ2) is 4.74. The first-order valence-electron chi connectivity index (χ1n) is 4.79. The predicted molar refractivity (Wildman–Crippen MR) is 54.1 cm³/mol. The van der Waals surface area contributed by atoms with Crippen LogP contribution in [0.5, 0.6) is 5.75 Å². The summed E-state index contributed by atoms with van der Waals surface area (Å²) in [5.74, 6) is -1.24. The normalized spacial score (nSPS) is 10.4. The molecule has 0 N–H and O–H groups in total. The molecule has 1 aromatic heterocycles. The van der Waals surface area contributed by atoms with Crippen LogP contribution in [0.4, 0.5) is 8.78 Å². The lowest BCUT2D eigenvalue weighted by atomic mass is 10.3. The van der Waals surface area contributed by atoms with Gasteiger partial charge in [-0.1, -0.05) is 0 Å². The number of halogens is 2. The van der Waals surface area contributed by atoms with Crippen molar-refractivity contribution in [2.75, 3.05) is 6.61 Å². The predicted octanol–water partition coefficient (Wildman–Crippen LogP) is 2.24. The quantitative estimate of drug-likeness (QED) is 0.796. The van der Waals surface area contributed by atoms with E-state index in [1.54, 1.807) is 23.3 Å². The summed E-state index contributed by atoms with van der Waals surface area (Å²) >= 11 is 0. The van der Waals surface area contributed by atoms with Gasteiger partial charge < -0.3 is 9.30 Å². The maximum absolute atomic E-state index is 13.1. The fourth-order valence-corrected chi connectivity index (χ4v) is 1.27. The first-order valence-corrected chi connectivity index (χ1v) is 4.79. The van der Waals surface area contributed by atoms with Gasteiger partial charge in [0.1, 0.15) is 12.4 Å². The van der Waals surface area contributed by atoms with Crippen molar-refractivity contribution in [3.05, 3.63) is 48.6 Å². The number of ether oxygens (including phenoxy) is 1. The number of aromatic nitrogens is 2. The smallest absolute Gasteiger partial charge is 0.167 e. The van der Waals surface area contributed by atoms with Crippen molar-refractivity contribution in [3.63, 3.8) is 0 Å². The number of imidazole rings is 1. The highest BCUT2D eigenvalue weighted by Crippen LogP contribution is 2.17. The summed E-state index contributed by atoms with van der Waals surface area (Å²) in [5.41, 5.74) is 0. The number of rotatable bonds is 4. The third-order valence-electron chi connectivity index (χ3n) is 2.06. The van der Waals surface area contributed by atoms with E-state index in [-0.39, 0.29) is 5.75 Å². The van der Waals surface area contributed by atoms with E-state index in [9.17, 15) is 8.78 Å². The van der Waals surface area contributed by atoms with E-state index in [1.807, 2.05) is 0 Å². The molecule has 84 valence electrons. The van der Waals surface area contributed by atoms with Gasteiger partial charge in [-0.3, -0.25) is 0 Å². The van der Waals surface area contributed by atoms with E-state index in [0.717, 1.165) is 12.1 Å². The molecule has 0 radical (unpaired) electrons. The molecule has 0 spiro atoms. The van der Waals surface area contributed by atoms with Gasteiger partial charge in [0.15, 0.2) is 11.6 Å². The second-order valence-corrected chi connectivity index (χ2v) is 3.22. The zero-order chi connectivity index (χ0) is 11.4. The summed E-state index contributed by atoms with van der Waals surface area (Å²) in [6, 6.07) is 3.24.